The van der Waals surface area contributed by atoms with Crippen molar-refractivity contribution in [3.8, 4) is 29.4 Å². The Balaban J connectivity index is 1.70. The van der Waals surface area contributed by atoms with Crippen molar-refractivity contribution in [2.75, 3.05) is 0 Å². The molecule has 0 fully saturated rings. The summed E-state index contributed by atoms with van der Waals surface area (Å²) in [6, 6.07) is 21.9. The van der Waals surface area contributed by atoms with E-state index in [-0.39, 0.29) is 11.1 Å². The van der Waals surface area contributed by atoms with Crippen LogP contribution in [0.3, 0.4) is 0 Å². The molecule has 0 aliphatic rings. The molecule has 0 amide bonds. The van der Waals surface area contributed by atoms with Gasteiger partial charge in [0.1, 0.15) is 29.4 Å². The van der Waals surface area contributed by atoms with Crippen LogP contribution in [0.1, 0.15) is 21.5 Å². The predicted molar refractivity (Wildman–Crippen MR) is 101 cm³/mol. The summed E-state index contributed by atoms with van der Waals surface area (Å²) in [6.07, 6.45) is 0. The van der Waals surface area contributed by atoms with E-state index in [9.17, 15) is 4.79 Å². The standard InChI is InChI=1S/C21H11BrN2O3/c22-17-4-9-19(10-5-17)27-21(25)14-1-6-18(7-2-14)26-20-8-3-15(12-23)16(11-20)13-24/h1-11H. The number of carbonyl (C=O) groups excluding carboxylic acids is 1. The Morgan fingerprint density at radius 2 is 1.37 bits per heavy atom. The van der Waals surface area contributed by atoms with Gasteiger partial charge < -0.3 is 9.47 Å². The average Bonchev–Trinajstić information content (AvgIpc) is 2.70. The molecule has 0 atom stereocenters. The molecule has 130 valence electrons. The van der Waals surface area contributed by atoms with Crippen LogP contribution in [0.4, 0.5) is 0 Å². The maximum atomic E-state index is 12.2. The fourth-order valence-electron chi connectivity index (χ4n) is 2.24. The molecule has 0 saturated carbocycles. The minimum atomic E-state index is -0.478. The second-order valence-corrected chi connectivity index (χ2v) is 6.32. The molecule has 0 spiro atoms. The second kappa shape index (κ2) is 8.18. The summed E-state index contributed by atoms with van der Waals surface area (Å²) in [4.78, 5) is 12.2. The minimum absolute atomic E-state index is 0.240. The lowest BCUT2D eigenvalue weighted by Crippen LogP contribution is -2.08. The largest absolute Gasteiger partial charge is 0.457 e. The SMILES string of the molecule is N#Cc1ccc(Oc2ccc(C(=O)Oc3ccc(Br)cc3)cc2)cc1C#N. The Morgan fingerprint density at radius 3 is 2.00 bits per heavy atom. The van der Waals surface area contributed by atoms with Crippen molar-refractivity contribution in [1.29, 1.82) is 10.5 Å². The smallest absolute Gasteiger partial charge is 0.343 e. The van der Waals surface area contributed by atoms with Crippen molar-refractivity contribution in [3.05, 3.63) is 87.9 Å². The number of halogens is 1. The van der Waals surface area contributed by atoms with Crippen molar-refractivity contribution < 1.29 is 14.3 Å². The van der Waals surface area contributed by atoms with Crippen LogP contribution in [0, 0.1) is 22.7 Å². The number of ether oxygens (including phenoxy) is 2. The van der Waals surface area contributed by atoms with Gasteiger partial charge in [-0.2, -0.15) is 10.5 Å². The van der Waals surface area contributed by atoms with E-state index in [4.69, 9.17) is 20.0 Å². The lowest BCUT2D eigenvalue weighted by Gasteiger charge is -2.08. The van der Waals surface area contributed by atoms with Crippen LogP contribution in [0.25, 0.3) is 0 Å². The van der Waals surface area contributed by atoms with Crippen molar-refractivity contribution >= 4 is 21.9 Å². The molecular formula is C21H11BrN2O3. The van der Waals surface area contributed by atoms with E-state index < -0.39 is 5.97 Å². The Hall–Kier alpha value is -3.61. The molecule has 6 heteroatoms. The second-order valence-electron chi connectivity index (χ2n) is 5.40. The van der Waals surface area contributed by atoms with Gasteiger partial charge >= 0.3 is 5.97 Å². The van der Waals surface area contributed by atoms with Crippen LogP contribution in [-0.2, 0) is 0 Å². The number of benzene rings is 3. The van der Waals surface area contributed by atoms with E-state index in [0.717, 1.165) is 4.47 Å². The lowest BCUT2D eigenvalue weighted by molar-refractivity contribution is 0.0734. The fourth-order valence-corrected chi connectivity index (χ4v) is 2.50. The van der Waals surface area contributed by atoms with Crippen molar-refractivity contribution in [2.45, 2.75) is 0 Å². The summed E-state index contributed by atoms with van der Waals surface area (Å²) < 4.78 is 11.9. The third-order valence-corrected chi connectivity index (χ3v) is 4.11. The quantitative estimate of drug-likeness (QED) is 0.429. The third kappa shape index (κ3) is 4.52. The number of rotatable bonds is 4. The highest BCUT2D eigenvalue weighted by atomic mass is 79.9. The van der Waals surface area contributed by atoms with Gasteiger partial charge in [-0.15, -0.1) is 0 Å². The van der Waals surface area contributed by atoms with Crippen LogP contribution in [-0.4, -0.2) is 5.97 Å². The van der Waals surface area contributed by atoms with E-state index in [1.807, 2.05) is 12.1 Å². The summed E-state index contributed by atoms with van der Waals surface area (Å²) in [7, 11) is 0. The molecular weight excluding hydrogens is 408 g/mol. The zero-order valence-electron chi connectivity index (χ0n) is 13.8. The van der Waals surface area contributed by atoms with Crippen molar-refractivity contribution in [2.24, 2.45) is 0 Å². The van der Waals surface area contributed by atoms with E-state index in [2.05, 4.69) is 15.9 Å². The molecule has 27 heavy (non-hydrogen) atoms. The van der Waals surface area contributed by atoms with Crippen LogP contribution in [0.2, 0.25) is 0 Å². The highest BCUT2D eigenvalue weighted by Crippen LogP contribution is 2.24. The molecule has 0 bridgehead atoms. The number of carbonyl (C=O) groups is 1. The van der Waals surface area contributed by atoms with Gasteiger partial charge in [0.2, 0.25) is 0 Å². The van der Waals surface area contributed by atoms with Crippen LogP contribution in [0.5, 0.6) is 17.2 Å². The highest BCUT2D eigenvalue weighted by molar-refractivity contribution is 9.10. The zero-order chi connectivity index (χ0) is 19.2. The molecule has 3 aromatic rings. The van der Waals surface area contributed by atoms with Gasteiger partial charge in [-0.05, 0) is 66.7 Å². The first-order valence-corrected chi connectivity index (χ1v) is 8.58. The third-order valence-electron chi connectivity index (χ3n) is 3.58. The Bertz CT molecular complexity index is 1060. The Labute approximate surface area is 164 Å². The van der Waals surface area contributed by atoms with Gasteiger partial charge in [0.25, 0.3) is 0 Å². The summed E-state index contributed by atoms with van der Waals surface area (Å²) in [5.74, 6) is 0.888. The average molecular weight is 419 g/mol. The molecule has 0 aromatic heterocycles. The maximum Gasteiger partial charge on any atom is 0.343 e. The molecule has 5 nitrogen and oxygen atoms in total. The Morgan fingerprint density at radius 1 is 0.778 bits per heavy atom. The number of nitrogens with zero attached hydrogens (tertiary/aromatic N) is 2. The first kappa shape index (κ1) is 18.2. The number of hydrogen-bond donors (Lipinski definition) is 0. The van der Waals surface area contributed by atoms with E-state index in [0.29, 0.717) is 22.8 Å². The highest BCUT2D eigenvalue weighted by Gasteiger charge is 2.10. The van der Waals surface area contributed by atoms with Crippen LogP contribution in [0.15, 0.2) is 71.2 Å². The Kier molecular flexibility index (Phi) is 5.51. The normalized spacial score (nSPS) is 9.74. The molecule has 0 saturated heterocycles. The van der Waals surface area contributed by atoms with Gasteiger partial charge in [-0.1, -0.05) is 15.9 Å². The topological polar surface area (TPSA) is 83.1 Å². The number of nitriles is 2. The molecule has 0 unspecified atom stereocenters. The predicted octanol–water partition coefficient (Wildman–Crippen LogP) is 5.20. The minimum Gasteiger partial charge on any atom is -0.457 e. The van der Waals surface area contributed by atoms with Crippen molar-refractivity contribution in [3.63, 3.8) is 0 Å². The summed E-state index contributed by atoms with van der Waals surface area (Å²) >= 11 is 3.32. The molecule has 3 aromatic carbocycles. The van der Waals surface area contributed by atoms with Gasteiger partial charge in [0.15, 0.2) is 0 Å². The summed E-state index contributed by atoms with van der Waals surface area (Å²) in [5, 5.41) is 18.0. The van der Waals surface area contributed by atoms with E-state index in [1.54, 1.807) is 54.6 Å². The maximum absolute atomic E-state index is 12.2. The molecule has 0 radical (unpaired) electrons. The first-order chi connectivity index (χ1) is 13.1. The molecule has 0 heterocycles. The zero-order valence-corrected chi connectivity index (χ0v) is 15.4. The van der Waals surface area contributed by atoms with Gasteiger partial charge in [-0.3, -0.25) is 0 Å². The number of hydrogen-bond acceptors (Lipinski definition) is 5. The molecule has 0 aliphatic carbocycles. The van der Waals surface area contributed by atoms with Crippen molar-refractivity contribution in [1.82, 2.24) is 0 Å². The van der Waals surface area contributed by atoms with Crippen LogP contribution >= 0.6 is 15.9 Å². The molecule has 0 N–H and O–H groups in total. The van der Waals surface area contributed by atoms with Gasteiger partial charge in [0, 0.05) is 4.47 Å². The van der Waals surface area contributed by atoms with Crippen LogP contribution < -0.4 is 9.47 Å². The van der Waals surface area contributed by atoms with E-state index in [1.165, 1.54) is 12.1 Å². The first-order valence-electron chi connectivity index (χ1n) is 7.79. The van der Waals surface area contributed by atoms with Gasteiger partial charge in [-0.25, -0.2) is 4.79 Å². The molecule has 0 aliphatic heterocycles. The summed E-state index contributed by atoms with van der Waals surface area (Å²) in [6.45, 7) is 0. The van der Waals surface area contributed by atoms with E-state index >= 15 is 0 Å². The van der Waals surface area contributed by atoms with Gasteiger partial charge in [0.05, 0.1) is 16.7 Å². The molecule has 3 rings (SSSR count). The summed E-state index contributed by atoms with van der Waals surface area (Å²) in [5.41, 5.74) is 0.906. The number of esters is 1. The fraction of sp³-hybridized carbons (Fsp3) is 0. The lowest BCUT2D eigenvalue weighted by atomic mass is 10.1. The monoisotopic (exact) mass is 418 g/mol.